The number of halogens is 1. The summed E-state index contributed by atoms with van der Waals surface area (Å²) >= 11 is 0. The molecular weight excluding hydrogens is 178 g/mol. The molecule has 0 aromatic heterocycles. The van der Waals surface area contributed by atoms with Gasteiger partial charge in [-0.05, 0) is 18.9 Å². The highest BCUT2D eigenvalue weighted by Crippen LogP contribution is 2.14. The Bertz CT molecular complexity index is 141. The Morgan fingerprint density at radius 2 is 2.42 bits per heavy atom. The van der Waals surface area contributed by atoms with E-state index in [-0.39, 0.29) is 31.2 Å². The van der Waals surface area contributed by atoms with Gasteiger partial charge >= 0.3 is 0 Å². The zero-order valence-corrected chi connectivity index (χ0v) is 7.80. The van der Waals surface area contributed by atoms with Crippen LogP contribution >= 0.6 is 12.4 Å². The molecule has 1 aliphatic rings. The van der Waals surface area contributed by atoms with Crippen LogP contribution < -0.4 is 5.73 Å². The smallest absolute Gasteiger partial charge is 0.0996 e. The highest BCUT2D eigenvalue weighted by molar-refractivity contribution is 5.85. The second kappa shape index (κ2) is 6.29. The Morgan fingerprint density at radius 1 is 1.67 bits per heavy atom. The van der Waals surface area contributed by atoms with Gasteiger partial charge in [-0.2, -0.15) is 0 Å². The van der Waals surface area contributed by atoms with Crippen molar-refractivity contribution in [1.82, 2.24) is 0 Å². The first kappa shape index (κ1) is 11.8. The van der Waals surface area contributed by atoms with Crippen molar-refractivity contribution in [3.05, 3.63) is 12.3 Å². The molecule has 0 amide bonds. The van der Waals surface area contributed by atoms with Crippen LogP contribution in [0.1, 0.15) is 19.3 Å². The predicted molar refractivity (Wildman–Crippen MR) is 50.2 cm³/mol. The van der Waals surface area contributed by atoms with Crippen LogP contribution in [0.4, 0.5) is 0 Å². The van der Waals surface area contributed by atoms with E-state index in [9.17, 15) is 0 Å². The molecule has 0 radical (unpaired) electrons. The summed E-state index contributed by atoms with van der Waals surface area (Å²) in [7, 11) is 0. The quantitative estimate of drug-likeness (QED) is 0.698. The molecule has 0 aliphatic carbocycles. The fraction of sp³-hybridized carbons (Fsp3) is 0.750. The zero-order chi connectivity index (χ0) is 8.10. The summed E-state index contributed by atoms with van der Waals surface area (Å²) in [4.78, 5) is 0. The first-order chi connectivity index (χ1) is 5.33. The van der Waals surface area contributed by atoms with Crippen LogP contribution in [0.3, 0.4) is 0 Å². The number of allylic oxidation sites excluding steroid dienone is 1. The van der Waals surface area contributed by atoms with E-state index in [1.807, 2.05) is 6.08 Å². The Balaban J connectivity index is 0.00000121. The molecule has 1 heterocycles. The molecule has 0 saturated heterocycles. The van der Waals surface area contributed by atoms with Gasteiger partial charge in [0.15, 0.2) is 0 Å². The molecule has 4 heteroatoms. The van der Waals surface area contributed by atoms with Crippen LogP contribution in [0.5, 0.6) is 0 Å². The van der Waals surface area contributed by atoms with Gasteiger partial charge in [0.25, 0.3) is 0 Å². The summed E-state index contributed by atoms with van der Waals surface area (Å²) in [5.74, 6) is 0. The van der Waals surface area contributed by atoms with Crippen molar-refractivity contribution in [3.63, 3.8) is 0 Å². The van der Waals surface area contributed by atoms with E-state index in [2.05, 4.69) is 0 Å². The van der Waals surface area contributed by atoms with Crippen molar-refractivity contribution in [2.45, 2.75) is 31.4 Å². The van der Waals surface area contributed by atoms with Crippen molar-refractivity contribution in [1.29, 1.82) is 0 Å². The third kappa shape index (κ3) is 3.95. The summed E-state index contributed by atoms with van der Waals surface area (Å²) in [6, 6.07) is -0.133. The van der Waals surface area contributed by atoms with Crippen molar-refractivity contribution in [2.75, 3.05) is 6.61 Å². The average Bonchev–Trinajstić information content (AvgIpc) is 2.06. The minimum atomic E-state index is -0.133. The molecule has 1 rings (SSSR count). The van der Waals surface area contributed by atoms with Gasteiger partial charge in [-0.3, -0.25) is 0 Å². The van der Waals surface area contributed by atoms with E-state index >= 15 is 0 Å². The second-order valence-electron chi connectivity index (χ2n) is 2.89. The van der Waals surface area contributed by atoms with Gasteiger partial charge in [-0.1, -0.05) is 0 Å². The maximum Gasteiger partial charge on any atom is 0.0996 e. The molecule has 0 aromatic carbocycles. The number of ether oxygens (including phenoxy) is 1. The first-order valence-corrected chi connectivity index (χ1v) is 4.00. The lowest BCUT2D eigenvalue weighted by Crippen LogP contribution is -2.30. The van der Waals surface area contributed by atoms with Crippen molar-refractivity contribution in [2.24, 2.45) is 5.73 Å². The lowest BCUT2D eigenvalue weighted by molar-refractivity contribution is 0.0991. The molecule has 0 spiro atoms. The maximum atomic E-state index is 8.67. The van der Waals surface area contributed by atoms with Crippen molar-refractivity contribution < 1.29 is 9.84 Å². The van der Waals surface area contributed by atoms with Crippen molar-refractivity contribution >= 4 is 12.4 Å². The lowest BCUT2D eigenvalue weighted by atomic mass is 10.1. The van der Waals surface area contributed by atoms with Gasteiger partial charge in [0, 0.05) is 12.5 Å². The summed E-state index contributed by atoms with van der Waals surface area (Å²) in [5, 5.41) is 8.67. The van der Waals surface area contributed by atoms with E-state index in [0.717, 1.165) is 19.3 Å². The third-order valence-corrected chi connectivity index (χ3v) is 1.82. The number of hydrogen-bond donors (Lipinski definition) is 2. The molecule has 2 unspecified atom stereocenters. The number of aliphatic hydroxyl groups is 1. The molecule has 1 aliphatic heterocycles. The molecule has 0 fully saturated rings. The monoisotopic (exact) mass is 193 g/mol. The highest BCUT2D eigenvalue weighted by atomic mass is 35.5. The summed E-state index contributed by atoms with van der Waals surface area (Å²) in [6.07, 6.45) is 6.76. The fourth-order valence-corrected chi connectivity index (χ4v) is 1.17. The number of rotatable bonds is 3. The molecule has 0 bridgehead atoms. The minimum absolute atomic E-state index is 0. The van der Waals surface area contributed by atoms with Crippen LogP contribution in [-0.4, -0.2) is 23.9 Å². The number of hydrogen-bond acceptors (Lipinski definition) is 3. The first-order valence-electron chi connectivity index (χ1n) is 4.00. The molecule has 3 nitrogen and oxygen atoms in total. The molecular formula is C8H16ClNO2. The Labute approximate surface area is 79.0 Å². The van der Waals surface area contributed by atoms with E-state index in [0.29, 0.717) is 0 Å². The van der Waals surface area contributed by atoms with E-state index < -0.39 is 0 Å². The summed E-state index contributed by atoms with van der Waals surface area (Å²) in [5.41, 5.74) is 5.55. The number of nitrogens with two attached hydrogens (primary N) is 1. The standard InChI is InChI=1S/C8H15NO2.ClH/c9-7(6-10)5-8-3-1-2-4-11-8;/h2,4,7-8,10H,1,3,5-6,9H2;1H. The van der Waals surface area contributed by atoms with Gasteiger partial charge in [-0.15, -0.1) is 12.4 Å². The van der Waals surface area contributed by atoms with Crippen LogP contribution in [0.15, 0.2) is 12.3 Å². The third-order valence-electron chi connectivity index (χ3n) is 1.82. The minimum Gasteiger partial charge on any atom is -0.498 e. The van der Waals surface area contributed by atoms with Crippen molar-refractivity contribution in [3.8, 4) is 0 Å². The van der Waals surface area contributed by atoms with Crippen LogP contribution in [-0.2, 0) is 4.74 Å². The van der Waals surface area contributed by atoms with E-state index in [1.165, 1.54) is 0 Å². The topological polar surface area (TPSA) is 55.5 Å². The Morgan fingerprint density at radius 3 is 2.92 bits per heavy atom. The molecule has 12 heavy (non-hydrogen) atoms. The van der Waals surface area contributed by atoms with E-state index in [1.54, 1.807) is 6.26 Å². The Kier molecular flexibility index (Phi) is 6.16. The van der Waals surface area contributed by atoms with Gasteiger partial charge in [-0.25, -0.2) is 0 Å². The Hall–Kier alpha value is -0.250. The summed E-state index contributed by atoms with van der Waals surface area (Å²) in [6.45, 7) is 0.0452. The molecule has 0 aromatic rings. The normalized spacial score (nSPS) is 24.0. The van der Waals surface area contributed by atoms with Gasteiger partial charge in [0.1, 0.15) is 0 Å². The largest absolute Gasteiger partial charge is 0.498 e. The lowest BCUT2D eigenvalue weighted by Gasteiger charge is -2.21. The zero-order valence-electron chi connectivity index (χ0n) is 6.98. The van der Waals surface area contributed by atoms with Gasteiger partial charge in [0.05, 0.1) is 19.0 Å². The maximum absolute atomic E-state index is 8.67. The molecule has 2 atom stereocenters. The average molecular weight is 194 g/mol. The van der Waals surface area contributed by atoms with Gasteiger partial charge in [0.2, 0.25) is 0 Å². The van der Waals surface area contributed by atoms with Crippen LogP contribution in [0.2, 0.25) is 0 Å². The molecule has 72 valence electrons. The summed E-state index contributed by atoms with van der Waals surface area (Å²) < 4.78 is 5.28. The molecule has 3 N–H and O–H groups in total. The second-order valence-corrected chi connectivity index (χ2v) is 2.89. The van der Waals surface area contributed by atoms with Crippen LogP contribution in [0.25, 0.3) is 0 Å². The van der Waals surface area contributed by atoms with Gasteiger partial charge < -0.3 is 15.6 Å². The highest BCUT2D eigenvalue weighted by Gasteiger charge is 2.14. The fourth-order valence-electron chi connectivity index (χ4n) is 1.17. The SMILES string of the molecule is Cl.NC(CO)CC1CCC=CO1. The number of aliphatic hydroxyl groups excluding tert-OH is 1. The van der Waals surface area contributed by atoms with Crippen LogP contribution in [0, 0.1) is 0 Å². The van der Waals surface area contributed by atoms with E-state index in [4.69, 9.17) is 15.6 Å². The molecule has 0 saturated carbocycles. The predicted octanol–water partition coefficient (Wildman–Crippen LogP) is 0.811.